The van der Waals surface area contributed by atoms with Crippen molar-refractivity contribution < 1.29 is 9.84 Å². The first-order chi connectivity index (χ1) is 8.31. The Morgan fingerprint density at radius 1 is 1.47 bits per heavy atom. The van der Waals surface area contributed by atoms with Crippen LogP contribution in [0.25, 0.3) is 0 Å². The third-order valence-corrected chi connectivity index (χ3v) is 3.36. The Morgan fingerprint density at radius 2 is 2.35 bits per heavy atom. The van der Waals surface area contributed by atoms with E-state index in [9.17, 15) is 5.11 Å². The molecule has 1 aromatic carbocycles. The fourth-order valence-electron chi connectivity index (χ4n) is 2.49. The number of phenols is 1. The van der Waals surface area contributed by atoms with Crippen LogP contribution >= 0.6 is 0 Å². The second-order valence-corrected chi connectivity index (χ2v) is 4.63. The van der Waals surface area contributed by atoms with Crippen molar-refractivity contribution in [3.8, 4) is 5.75 Å². The van der Waals surface area contributed by atoms with Gasteiger partial charge in [0.15, 0.2) is 0 Å². The molecule has 3 heteroatoms. The third kappa shape index (κ3) is 3.20. The van der Waals surface area contributed by atoms with Gasteiger partial charge in [-0.25, -0.2) is 0 Å². The Balaban J connectivity index is 1.98. The monoisotopic (exact) mass is 235 g/mol. The van der Waals surface area contributed by atoms with Crippen LogP contribution in [0, 0.1) is 0 Å². The molecular formula is C14H21NO2. The molecule has 1 unspecified atom stereocenters. The summed E-state index contributed by atoms with van der Waals surface area (Å²) in [6.45, 7) is 1.76. The number of methoxy groups -OCH3 is 1. The van der Waals surface area contributed by atoms with Crippen LogP contribution in [0.3, 0.4) is 0 Å². The van der Waals surface area contributed by atoms with E-state index >= 15 is 0 Å². The zero-order valence-electron chi connectivity index (χ0n) is 10.4. The van der Waals surface area contributed by atoms with Gasteiger partial charge in [-0.05, 0) is 55.5 Å². The first-order valence-corrected chi connectivity index (χ1v) is 6.35. The van der Waals surface area contributed by atoms with Crippen molar-refractivity contribution in [1.82, 2.24) is 5.32 Å². The highest BCUT2D eigenvalue weighted by Crippen LogP contribution is 2.31. The van der Waals surface area contributed by atoms with Crippen LogP contribution in [0.1, 0.15) is 36.4 Å². The number of phenolic OH excluding ortho intramolecular Hbond substituents is 1. The molecule has 0 saturated heterocycles. The highest BCUT2D eigenvalue weighted by Gasteiger charge is 2.19. The highest BCUT2D eigenvalue weighted by atomic mass is 16.5. The summed E-state index contributed by atoms with van der Waals surface area (Å²) in [6.07, 6.45) is 4.54. The van der Waals surface area contributed by atoms with Crippen molar-refractivity contribution in [2.45, 2.75) is 31.7 Å². The van der Waals surface area contributed by atoms with E-state index in [0.29, 0.717) is 11.8 Å². The molecule has 2 rings (SSSR count). The molecule has 0 fully saturated rings. The molecule has 0 aliphatic heterocycles. The van der Waals surface area contributed by atoms with E-state index < -0.39 is 0 Å². The minimum absolute atomic E-state index is 0.370. The number of aryl methyl sites for hydroxylation is 1. The van der Waals surface area contributed by atoms with Crippen molar-refractivity contribution in [2.75, 3.05) is 20.3 Å². The van der Waals surface area contributed by atoms with Crippen LogP contribution in [-0.4, -0.2) is 25.4 Å². The predicted molar refractivity (Wildman–Crippen MR) is 68.3 cm³/mol. The maximum absolute atomic E-state index is 9.57. The van der Waals surface area contributed by atoms with Gasteiger partial charge in [0.1, 0.15) is 5.75 Å². The Bertz CT molecular complexity index is 365. The van der Waals surface area contributed by atoms with Crippen molar-refractivity contribution in [1.29, 1.82) is 0 Å². The summed E-state index contributed by atoms with van der Waals surface area (Å²) in [5, 5.41) is 13.1. The van der Waals surface area contributed by atoms with E-state index in [-0.39, 0.29) is 0 Å². The van der Waals surface area contributed by atoms with Gasteiger partial charge in [-0.3, -0.25) is 0 Å². The van der Waals surface area contributed by atoms with Crippen LogP contribution < -0.4 is 5.32 Å². The average Bonchev–Trinajstić information content (AvgIpc) is 2.35. The Kier molecular flexibility index (Phi) is 4.40. The molecule has 0 amide bonds. The van der Waals surface area contributed by atoms with Gasteiger partial charge in [-0.1, -0.05) is 6.07 Å². The van der Waals surface area contributed by atoms with E-state index in [1.54, 1.807) is 13.2 Å². The minimum atomic E-state index is 0.370. The Labute approximate surface area is 103 Å². The van der Waals surface area contributed by atoms with Crippen LogP contribution in [0.15, 0.2) is 18.2 Å². The first-order valence-electron chi connectivity index (χ1n) is 6.35. The molecule has 1 aromatic rings. The minimum Gasteiger partial charge on any atom is -0.508 e. The van der Waals surface area contributed by atoms with Gasteiger partial charge in [-0.15, -0.1) is 0 Å². The maximum Gasteiger partial charge on any atom is 0.115 e. The molecule has 3 nitrogen and oxygen atoms in total. The lowest BCUT2D eigenvalue weighted by molar-refractivity contribution is 0.192. The Hall–Kier alpha value is -1.06. The summed E-state index contributed by atoms with van der Waals surface area (Å²) >= 11 is 0. The lowest BCUT2D eigenvalue weighted by atomic mass is 9.87. The van der Waals surface area contributed by atoms with E-state index in [0.717, 1.165) is 32.4 Å². The standard InChI is InChI=1S/C14H21NO2/c1-17-9-3-8-15-14-5-2-4-11-6-7-12(16)10-13(11)14/h6-7,10,14-16H,2-5,8-9H2,1H3. The molecule has 1 atom stereocenters. The molecule has 0 saturated carbocycles. The van der Waals surface area contributed by atoms with Gasteiger partial charge in [0.2, 0.25) is 0 Å². The second kappa shape index (κ2) is 6.03. The van der Waals surface area contributed by atoms with E-state index in [1.165, 1.54) is 17.5 Å². The fourth-order valence-corrected chi connectivity index (χ4v) is 2.49. The summed E-state index contributed by atoms with van der Waals surface area (Å²) in [7, 11) is 1.73. The molecule has 0 heterocycles. The fraction of sp³-hybridized carbons (Fsp3) is 0.571. The number of benzene rings is 1. The third-order valence-electron chi connectivity index (χ3n) is 3.36. The highest BCUT2D eigenvalue weighted by molar-refractivity contribution is 5.38. The zero-order chi connectivity index (χ0) is 12.1. The zero-order valence-corrected chi connectivity index (χ0v) is 10.4. The lowest BCUT2D eigenvalue weighted by Gasteiger charge is -2.26. The number of hydrogen-bond donors (Lipinski definition) is 2. The molecule has 0 radical (unpaired) electrons. The van der Waals surface area contributed by atoms with Crippen molar-refractivity contribution >= 4 is 0 Å². The van der Waals surface area contributed by atoms with Crippen molar-refractivity contribution in [3.05, 3.63) is 29.3 Å². The number of nitrogens with one attached hydrogen (secondary N) is 1. The topological polar surface area (TPSA) is 41.5 Å². The molecule has 1 aliphatic rings. The first kappa shape index (κ1) is 12.4. The van der Waals surface area contributed by atoms with Crippen molar-refractivity contribution in [3.63, 3.8) is 0 Å². The molecule has 0 bridgehead atoms. The van der Waals surface area contributed by atoms with Gasteiger partial charge in [-0.2, -0.15) is 0 Å². The number of aromatic hydroxyl groups is 1. The summed E-state index contributed by atoms with van der Waals surface area (Å²) in [4.78, 5) is 0. The molecule has 0 spiro atoms. The van der Waals surface area contributed by atoms with Crippen LogP contribution in [0.2, 0.25) is 0 Å². The molecule has 2 N–H and O–H groups in total. The van der Waals surface area contributed by atoms with Crippen molar-refractivity contribution in [2.24, 2.45) is 0 Å². The lowest BCUT2D eigenvalue weighted by Crippen LogP contribution is -2.26. The molecule has 94 valence electrons. The summed E-state index contributed by atoms with van der Waals surface area (Å²) in [5.74, 6) is 0.370. The van der Waals surface area contributed by atoms with Gasteiger partial charge in [0.05, 0.1) is 0 Å². The molecular weight excluding hydrogens is 214 g/mol. The molecule has 0 aromatic heterocycles. The van der Waals surface area contributed by atoms with E-state index in [1.807, 2.05) is 12.1 Å². The summed E-state index contributed by atoms with van der Waals surface area (Å²) < 4.78 is 5.04. The second-order valence-electron chi connectivity index (χ2n) is 4.63. The van der Waals surface area contributed by atoms with Crippen LogP contribution in [0.4, 0.5) is 0 Å². The predicted octanol–water partition coefficient (Wildman–Crippen LogP) is 2.40. The Morgan fingerprint density at radius 3 is 3.18 bits per heavy atom. The van der Waals surface area contributed by atoms with Gasteiger partial charge >= 0.3 is 0 Å². The molecule has 17 heavy (non-hydrogen) atoms. The number of rotatable bonds is 5. The van der Waals surface area contributed by atoms with Gasteiger partial charge in [0.25, 0.3) is 0 Å². The van der Waals surface area contributed by atoms with Crippen LogP contribution in [-0.2, 0) is 11.2 Å². The normalized spacial score (nSPS) is 19.0. The van der Waals surface area contributed by atoms with E-state index in [2.05, 4.69) is 5.32 Å². The smallest absolute Gasteiger partial charge is 0.115 e. The summed E-state index contributed by atoms with van der Waals surface area (Å²) in [6, 6.07) is 6.13. The number of hydrogen-bond acceptors (Lipinski definition) is 3. The SMILES string of the molecule is COCCCNC1CCCc2ccc(O)cc21. The number of ether oxygens (including phenoxy) is 1. The maximum atomic E-state index is 9.57. The van der Waals surface area contributed by atoms with Gasteiger partial charge < -0.3 is 15.2 Å². The summed E-state index contributed by atoms with van der Waals surface area (Å²) in [5.41, 5.74) is 2.65. The quantitative estimate of drug-likeness (QED) is 0.770. The van der Waals surface area contributed by atoms with Crippen LogP contribution in [0.5, 0.6) is 5.75 Å². The number of fused-ring (bicyclic) bond motifs is 1. The molecule has 1 aliphatic carbocycles. The van der Waals surface area contributed by atoms with E-state index in [4.69, 9.17) is 4.74 Å². The largest absolute Gasteiger partial charge is 0.508 e. The average molecular weight is 235 g/mol. The van der Waals surface area contributed by atoms with Gasteiger partial charge in [0, 0.05) is 19.8 Å².